The minimum Gasteiger partial charge on any atom is -0.319 e. The van der Waals surface area contributed by atoms with Crippen molar-refractivity contribution in [3.8, 4) is 0 Å². The molecule has 0 saturated heterocycles. The average molecular weight is 207 g/mol. The quantitative estimate of drug-likeness (QED) is 0.826. The average Bonchev–Trinajstić information content (AvgIpc) is 1.99. The van der Waals surface area contributed by atoms with Crippen LogP contribution in [0, 0.1) is 12.8 Å². The highest BCUT2D eigenvalue weighted by Gasteiger charge is 2.18. The minimum atomic E-state index is -0.461. The first-order chi connectivity index (χ1) is 6.79. The van der Waals surface area contributed by atoms with Gasteiger partial charge in [-0.05, 0) is 39.2 Å². The molecule has 0 bridgehead atoms. The zero-order valence-electron chi connectivity index (χ0n) is 10.3. The van der Waals surface area contributed by atoms with Crippen LogP contribution in [0.1, 0.15) is 44.9 Å². The number of hydrogen-bond acceptors (Lipinski definition) is 3. The molecule has 0 aromatic carbocycles. The van der Waals surface area contributed by atoms with Crippen molar-refractivity contribution in [1.82, 2.24) is 9.97 Å². The summed E-state index contributed by atoms with van der Waals surface area (Å²) in [6.07, 6.45) is 0.979. The fourth-order valence-corrected chi connectivity index (χ4v) is 1.44. The van der Waals surface area contributed by atoms with Crippen molar-refractivity contribution in [3.05, 3.63) is 23.3 Å². The van der Waals surface area contributed by atoms with Gasteiger partial charge in [0.25, 0.3) is 0 Å². The lowest BCUT2D eigenvalue weighted by Crippen LogP contribution is -2.32. The molecule has 0 fully saturated rings. The summed E-state index contributed by atoms with van der Waals surface area (Å²) in [7, 11) is 0. The van der Waals surface area contributed by atoms with E-state index < -0.39 is 5.54 Å². The van der Waals surface area contributed by atoms with Gasteiger partial charge in [0.05, 0.1) is 5.54 Å². The van der Waals surface area contributed by atoms with E-state index in [1.807, 2.05) is 26.8 Å². The summed E-state index contributed by atoms with van der Waals surface area (Å²) >= 11 is 0. The van der Waals surface area contributed by atoms with Crippen LogP contribution in [0.2, 0.25) is 0 Å². The Morgan fingerprint density at radius 3 is 2.40 bits per heavy atom. The third kappa shape index (κ3) is 3.59. The lowest BCUT2D eigenvalue weighted by atomic mass is 10.0. The standard InChI is InChI=1S/C12H21N3/c1-8(2)6-10-7-9(3)14-11(15-10)12(4,5)13/h7-8H,6,13H2,1-5H3. The van der Waals surface area contributed by atoms with Gasteiger partial charge in [-0.2, -0.15) is 0 Å². The Morgan fingerprint density at radius 2 is 1.93 bits per heavy atom. The highest BCUT2D eigenvalue weighted by molar-refractivity contribution is 5.14. The Kier molecular flexibility index (Phi) is 3.45. The van der Waals surface area contributed by atoms with Crippen molar-refractivity contribution in [2.75, 3.05) is 0 Å². The zero-order chi connectivity index (χ0) is 11.6. The number of aryl methyl sites for hydroxylation is 1. The van der Waals surface area contributed by atoms with Crippen LogP contribution in [0.25, 0.3) is 0 Å². The van der Waals surface area contributed by atoms with Gasteiger partial charge < -0.3 is 5.73 Å². The van der Waals surface area contributed by atoms with Crippen molar-refractivity contribution < 1.29 is 0 Å². The molecule has 1 heterocycles. The van der Waals surface area contributed by atoms with Crippen molar-refractivity contribution in [3.63, 3.8) is 0 Å². The first kappa shape index (κ1) is 12.1. The molecule has 0 amide bonds. The van der Waals surface area contributed by atoms with E-state index in [4.69, 9.17) is 5.73 Å². The van der Waals surface area contributed by atoms with Crippen LogP contribution in [0.3, 0.4) is 0 Å². The molecule has 0 radical (unpaired) electrons. The van der Waals surface area contributed by atoms with Gasteiger partial charge in [0.1, 0.15) is 5.82 Å². The molecule has 2 N–H and O–H groups in total. The van der Waals surface area contributed by atoms with Crippen molar-refractivity contribution in [2.24, 2.45) is 11.7 Å². The molecular formula is C12H21N3. The van der Waals surface area contributed by atoms with E-state index in [9.17, 15) is 0 Å². The minimum absolute atomic E-state index is 0.461. The van der Waals surface area contributed by atoms with Gasteiger partial charge in [0.15, 0.2) is 0 Å². The predicted octanol–water partition coefficient (Wildman–Crippen LogP) is 2.18. The van der Waals surface area contributed by atoms with E-state index in [2.05, 4.69) is 23.8 Å². The van der Waals surface area contributed by atoms with Gasteiger partial charge >= 0.3 is 0 Å². The van der Waals surface area contributed by atoms with Crippen molar-refractivity contribution in [2.45, 2.75) is 46.6 Å². The summed E-state index contributed by atoms with van der Waals surface area (Å²) in [5.41, 5.74) is 7.62. The summed E-state index contributed by atoms with van der Waals surface area (Å²) in [4.78, 5) is 8.89. The van der Waals surface area contributed by atoms with Crippen LogP contribution in [-0.2, 0) is 12.0 Å². The highest BCUT2D eigenvalue weighted by atomic mass is 15.0. The van der Waals surface area contributed by atoms with Gasteiger partial charge in [-0.15, -0.1) is 0 Å². The third-order valence-electron chi connectivity index (χ3n) is 2.10. The van der Waals surface area contributed by atoms with Crippen LogP contribution >= 0.6 is 0 Å². The second-order valence-electron chi connectivity index (χ2n) is 5.14. The molecule has 1 aromatic rings. The highest BCUT2D eigenvalue weighted by Crippen LogP contribution is 2.14. The molecule has 0 spiro atoms. The normalized spacial score (nSPS) is 12.2. The van der Waals surface area contributed by atoms with Crippen LogP contribution in [0.15, 0.2) is 6.07 Å². The number of aromatic nitrogens is 2. The summed E-state index contributed by atoms with van der Waals surface area (Å²) in [5, 5.41) is 0. The molecule has 1 rings (SSSR count). The lowest BCUT2D eigenvalue weighted by Gasteiger charge is -2.18. The van der Waals surface area contributed by atoms with Gasteiger partial charge in [0, 0.05) is 11.4 Å². The van der Waals surface area contributed by atoms with E-state index in [0.717, 1.165) is 23.6 Å². The second kappa shape index (κ2) is 4.27. The van der Waals surface area contributed by atoms with Crippen LogP contribution in [0.4, 0.5) is 0 Å². The number of nitrogens with two attached hydrogens (primary N) is 1. The van der Waals surface area contributed by atoms with E-state index in [1.165, 1.54) is 0 Å². The first-order valence-electron chi connectivity index (χ1n) is 5.43. The van der Waals surface area contributed by atoms with Crippen molar-refractivity contribution >= 4 is 0 Å². The topological polar surface area (TPSA) is 51.8 Å². The maximum Gasteiger partial charge on any atom is 0.148 e. The van der Waals surface area contributed by atoms with Gasteiger partial charge in [-0.25, -0.2) is 9.97 Å². The Balaban J connectivity index is 3.06. The fourth-order valence-electron chi connectivity index (χ4n) is 1.44. The molecule has 0 unspecified atom stereocenters. The Hall–Kier alpha value is -0.960. The van der Waals surface area contributed by atoms with E-state index in [0.29, 0.717) is 5.92 Å². The van der Waals surface area contributed by atoms with E-state index in [-0.39, 0.29) is 0 Å². The molecular weight excluding hydrogens is 186 g/mol. The number of rotatable bonds is 3. The summed E-state index contributed by atoms with van der Waals surface area (Å²) in [6.45, 7) is 10.2. The fraction of sp³-hybridized carbons (Fsp3) is 0.667. The molecule has 0 saturated carbocycles. The summed E-state index contributed by atoms with van der Waals surface area (Å²) in [5.74, 6) is 1.34. The molecule has 0 atom stereocenters. The zero-order valence-corrected chi connectivity index (χ0v) is 10.3. The summed E-state index contributed by atoms with van der Waals surface area (Å²) in [6, 6.07) is 2.04. The maximum atomic E-state index is 6.00. The number of nitrogens with zero attached hydrogens (tertiary/aromatic N) is 2. The summed E-state index contributed by atoms with van der Waals surface area (Å²) < 4.78 is 0. The van der Waals surface area contributed by atoms with Gasteiger partial charge in [0.2, 0.25) is 0 Å². The lowest BCUT2D eigenvalue weighted by molar-refractivity contribution is 0.504. The van der Waals surface area contributed by atoms with Gasteiger partial charge in [-0.3, -0.25) is 0 Å². The molecule has 1 aromatic heterocycles. The Bertz CT molecular complexity index is 337. The third-order valence-corrected chi connectivity index (χ3v) is 2.10. The van der Waals surface area contributed by atoms with Crippen molar-refractivity contribution in [1.29, 1.82) is 0 Å². The monoisotopic (exact) mass is 207 g/mol. The van der Waals surface area contributed by atoms with Crippen LogP contribution in [-0.4, -0.2) is 9.97 Å². The Labute approximate surface area is 92.1 Å². The number of hydrogen-bond donors (Lipinski definition) is 1. The second-order valence-corrected chi connectivity index (χ2v) is 5.14. The van der Waals surface area contributed by atoms with E-state index in [1.54, 1.807) is 0 Å². The molecule has 0 aliphatic rings. The molecule has 3 nitrogen and oxygen atoms in total. The molecule has 15 heavy (non-hydrogen) atoms. The van der Waals surface area contributed by atoms with Crippen LogP contribution in [0.5, 0.6) is 0 Å². The molecule has 0 aliphatic carbocycles. The smallest absolute Gasteiger partial charge is 0.148 e. The SMILES string of the molecule is Cc1cc(CC(C)C)nc(C(C)(C)N)n1. The predicted molar refractivity (Wildman–Crippen MR) is 62.5 cm³/mol. The van der Waals surface area contributed by atoms with Gasteiger partial charge in [-0.1, -0.05) is 13.8 Å². The largest absolute Gasteiger partial charge is 0.319 e. The molecule has 0 aliphatic heterocycles. The Morgan fingerprint density at radius 1 is 1.33 bits per heavy atom. The maximum absolute atomic E-state index is 6.00. The molecule has 3 heteroatoms. The van der Waals surface area contributed by atoms with Crippen LogP contribution < -0.4 is 5.73 Å². The van der Waals surface area contributed by atoms with E-state index >= 15 is 0 Å². The molecule has 84 valence electrons. The first-order valence-corrected chi connectivity index (χ1v) is 5.43.